The summed E-state index contributed by atoms with van der Waals surface area (Å²) in [6.07, 6.45) is 2.56. The number of rotatable bonds is 1. The second kappa shape index (κ2) is 4.71. The summed E-state index contributed by atoms with van der Waals surface area (Å²) >= 11 is 0. The van der Waals surface area contributed by atoms with E-state index in [0.717, 1.165) is 17.7 Å². The maximum atomic E-state index is 12.3. The normalized spacial score (nSPS) is 36.3. The number of hydrogen-bond acceptors (Lipinski definition) is 5. The van der Waals surface area contributed by atoms with Gasteiger partial charge in [0.05, 0.1) is 12.7 Å². The molecule has 1 aliphatic heterocycles. The van der Waals surface area contributed by atoms with Gasteiger partial charge in [-0.25, -0.2) is 0 Å². The van der Waals surface area contributed by atoms with Crippen LogP contribution in [0.1, 0.15) is 36.8 Å². The zero-order valence-corrected chi connectivity index (χ0v) is 13.6. The summed E-state index contributed by atoms with van der Waals surface area (Å²) < 4.78 is 5.28. The molecule has 5 heteroatoms. The number of phenolic OH excluding ortho intramolecular Hbond substituents is 1. The molecule has 1 saturated carbocycles. The number of nitrogens with zero attached hydrogens (tertiary/aromatic N) is 1. The van der Waals surface area contributed by atoms with Crippen LogP contribution < -0.4 is 4.74 Å². The fourth-order valence-electron chi connectivity index (χ4n) is 5.27. The number of carbonyl (C=O) groups excluding carboxylic acids is 1. The number of likely N-dealkylation sites (tertiary alicyclic amines) is 1. The van der Waals surface area contributed by atoms with Crippen molar-refractivity contribution in [2.45, 2.75) is 49.2 Å². The van der Waals surface area contributed by atoms with Gasteiger partial charge < -0.3 is 19.8 Å². The van der Waals surface area contributed by atoms with Crippen LogP contribution in [0.25, 0.3) is 0 Å². The number of hydrogen-bond donors (Lipinski definition) is 2. The summed E-state index contributed by atoms with van der Waals surface area (Å²) in [6, 6.07) is 3.74. The van der Waals surface area contributed by atoms with Crippen molar-refractivity contribution in [1.82, 2.24) is 4.90 Å². The van der Waals surface area contributed by atoms with E-state index < -0.39 is 11.0 Å². The van der Waals surface area contributed by atoms with Crippen LogP contribution in [0.2, 0.25) is 0 Å². The number of aliphatic hydroxyl groups is 1. The maximum absolute atomic E-state index is 12.3. The van der Waals surface area contributed by atoms with Crippen LogP contribution in [-0.4, -0.2) is 53.2 Å². The number of methoxy groups -OCH3 is 1. The summed E-state index contributed by atoms with van der Waals surface area (Å²) in [5.41, 5.74) is 0.118. The molecule has 1 aromatic carbocycles. The summed E-state index contributed by atoms with van der Waals surface area (Å²) in [5, 5.41) is 22.4. The lowest BCUT2D eigenvalue weighted by atomic mass is 9.49. The Kier molecular flexibility index (Phi) is 3.06. The van der Waals surface area contributed by atoms with Crippen LogP contribution in [0.5, 0.6) is 11.5 Å². The van der Waals surface area contributed by atoms with Crippen LogP contribution >= 0.6 is 0 Å². The van der Waals surface area contributed by atoms with E-state index in [2.05, 4.69) is 4.90 Å². The molecular formula is C18H23NO4. The fourth-order valence-corrected chi connectivity index (χ4v) is 5.27. The number of carbonyl (C=O) groups is 1. The van der Waals surface area contributed by atoms with Crippen molar-refractivity contribution in [3.05, 3.63) is 23.3 Å². The van der Waals surface area contributed by atoms with Crippen molar-refractivity contribution < 1.29 is 19.7 Å². The number of ketones is 1. The van der Waals surface area contributed by atoms with Crippen LogP contribution in [-0.2, 0) is 16.6 Å². The van der Waals surface area contributed by atoms with Gasteiger partial charge in [0.15, 0.2) is 11.5 Å². The molecule has 1 heterocycles. The molecule has 124 valence electrons. The van der Waals surface area contributed by atoms with E-state index in [1.165, 1.54) is 7.11 Å². The van der Waals surface area contributed by atoms with E-state index in [0.29, 0.717) is 37.9 Å². The van der Waals surface area contributed by atoms with Crippen molar-refractivity contribution in [1.29, 1.82) is 0 Å². The second-order valence-corrected chi connectivity index (χ2v) is 7.32. The van der Waals surface area contributed by atoms with Gasteiger partial charge in [0, 0.05) is 29.9 Å². The molecule has 23 heavy (non-hydrogen) atoms. The van der Waals surface area contributed by atoms with Crippen molar-refractivity contribution in [2.24, 2.45) is 0 Å². The lowest BCUT2D eigenvalue weighted by molar-refractivity contribution is -0.169. The summed E-state index contributed by atoms with van der Waals surface area (Å²) in [4.78, 5) is 14.5. The van der Waals surface area contributed by atoms with E-state index in [1.807, 2.05) is 13.1 Å². The standard InChI is InChI=1S/C18H23NO4/c1-19-8-7-17-10-12(20)5-6-18(17,22)14(19)9-11-3-4-13(23-2)16(21)15(11)17/h3-4,14,21-22H,5-10H2,1-2H3/t14-,17-,18?/m1/s1. The third-order valence-corrected chi connectivity index (χ3v) is 6.43. The average molecular weight is 317 g/mol. The zero-order chi connectivity index (χ0) is 16.4. The molecule has 0 aromatic heterocycles. The Morgan fingerprint density at radius 3 is 2.87 bits per heavy atom. The highest BCUT2D eigenvalue weighted by molar-refractivity contribution is 5.83. The van der Waals surface area contributed by atoms with E-state index >= 15 is 0 Å². The molecule has 2 bridgehead atoms. The Bertz CT molecular complexity index is 688. The number of benzene rings is 1. The van der Waals surface area contributed by atoms with E-state index in [4.69, 9.17) is 4.74 Å². The van der Waals surface area contributed by atoms with Crippen molar-refractivity contribution in [3.8, 4) is 11.5 Å². The smallest absolute Gasteiger partial charge is 0.161 e. The Balaban J connectivity index is 2.01. The molecule has 3 aliphatic rings. The van der Waals surface area contributed by atoms with Crippen LogP contribution in [0.15, 0.2) is 12.1 Å². The van der Waals surface area contributed by atoms with Crippen molar-refractivity contribution in [2.75, 3.05) is 20.7 Å². The highest BCUT2D eigenvalue weighted by atomic mass is 16.5. The first-order chi connectivity index (χ1) is 10.9. The largest absolute Gasteiger partial charge is 0.504 e. The Labute approximate surface area is 135 Å². The highest BCUT2D eigenvalue weighted by Gasteiger charge is 2.65. The van der Waals surface area contributed by atoms with Gasteiger partial charge in [0.1, 0.15) is 5.78 Å². The van der Waals surface area contributed by atoms with Gasteiger partial charge in [-0.1, -0.05) is 6.07 Å². The Hall–Kier alpha value is -1.59. The molecule has 0 radical (unpaired) electrons. The van der Waals surface area contributed by atoms with Crippen molar-refractivity contribution >= 4 is 5.78 Å². The van der Waals surface area contributed by atoms with Crippen LogP contribution in [0.3, 0.4) is 0 Å². The number of aromatic hydroxyl groups is 1. The van der Waals surface area contributed by atoms with E-state index in [1.54, 1.807) is 6.07 Å². The van der Waals surface area contributed by atoms with Crippen LogP contribution in [0, 0.1) is 0 Å². The summed E-state index contributed by atoms with van der Waals surface area (Å²) in [7, 11) is 3.56. The Morgan fingerprint density at radius 1 is 1.35 bits per heavy atom. The van der Waals surface area contributed by atoms with Gasteiger partial charge in [-0.3, -0.25) is 4.79 Å². The molecule has 2 N–H and O–H groups in total. The van der Waals surface area contributed by atoms with Crippen LogP contribution in [0.4, 0.5) is 0 Å². The van der Waals surface area contributed by atoms with E-state index in [-0.39, 0.29) is 17.6 Å². The summed E-state index contributed by atoms with van der Waals surface area (Å²) in [6.45, 7) is 0.816. The molecule has 0 spiro atoms. The zero-order valence-electron chi connectivity index (χ0n) is 13.6. The molecule has 1 unspecified atom stereocenters. The quantitative estimate of drug-likeness (QED) is 0.819. The third kappa shape index (κ3) is 1.72. The number of fused-ring (bicyclic) bond motifs is 1. The number of phenols is 1. The van der Waals surface area contributed by atoms with Gasteiger partial charge in [-0.05, 0) is 44.5 Å². The predicted molar refractivity (Wildman–Crippen MR) is 84.9 cm³/mol. The lowest BCUT2D eigenvalue weighted by Gasteiger charge is -2.62. The Morgan fingerprint density at radius 2 is 2.13 bits per heavy atom. The molecular weight excluding hydrogens is 294 g/mol. The SMILES string of the molecule is COc1ccc2c(c1O)[C@]13CCN(C)[C@H](C2)C1(O)CCC(=O)C3. The fraction of sp³-hybridized carbons (Fsp3) is 0.611. The van der Waals surface area contributed by atoms with Gasteiger partial charge in [0.25, 0.3) is 0 Å². The molecule has 2 aliphatic carbocycles. The summed E-state index contributed by atoms with van der Waals surface area (Å²) in [5.74, 6) is 0.685. The maximum Gasteiger partial charge on any atom is 0.161 e. The van der Waals surface area contributed by atoms with Gasteiger partial charge >= 0.3 is 0 Å². The molecule has 1 aromatic rings. The third-order valence-electron chi connectivity index (χ3n) is 6.43. The predicted octanol–water partition coefficient (Wildman–Crippen LogP) is 1.38. The van der Waals surface area contributed by atoms with Gasteiger partial charge in [-0.15, -0.1) is 0 Å². The second-order valence-electron chi connectivity index (χ2n) is 7.32. The van der Waals surface area contributed by atoms with Crippen molar-refractivity contribution in [3.63, 3.8) is 0 Å². The minimum absolute atomic E-state index is 0.00959. The number of piperidine rings is 1. The minimum atomic E-state index is -0.968. The molecule has 1 saturated heterocycles. The van der Waals surface area contributed by atoms with E-state index in [9.17, 15) is 15.0 Å². The molecule has 4 rings (SSSR count). The molecule has 3 atom stereocenters. The first kappa shape index (κ1) is 15.0. The molecule has 5 nitrogen and oxygen atoms in total. The number of Topliss-reactive ketones (excluding diaryl/α,β-unsaturated/α-hetero) is 1. The molecule has 2 fully saturated rings. The van der Waals surface area contributed by atoms with Gasteiger partial charge in [-0.2, -0.15) is 0 Å². The first-order valence-corrected chi connectivity index (χ1v) is 8.26. The first-order valence-electron chi connectivity index (χ1n) is 8.26. The minimum Gasteiger partial charge on any atom is -0.504 e. The monoisotopic (exact) mass is 317 g/mol. The number of likely N-dealkylation sites (N-methyl/N-ethyl adjacent to an activating group) is 1. The molecule has 0 amide bonds. The highest BCUT2D eigenvalue weighted by Crippen LogP contribution is 2.60. The lowest BCUT2D eigenvalue weighted by Crippen LogP contribution is -2.72. The number of ether oxygens (including phenoxy) is 1. The average Bonchev–Trinajstić information content (AvgIpc) is 2.52. The van der Waals surface area contributed by atoms with Gasteiger partial charge in [0.2, 0.25) is 0 Å². The topological polar surface area (TPSA) is 70.0 Å².